The zero-order valence-corrected chi connectivity index (χ0v) is 18.1. The predicted octanol–water partition coefficient (Wildman–Crippen LogP) is 6.68. The topological polar surface area (TPSA) is 57.6 Å². The van der Waals surface area contributed by atoms with Crippen LogP contribution < -0.4 is 4.90 Å². The fourth-order valence-corrected chi connectivity index (χ4v) is 4.82. The van der Waals surface area contributed by atoms with E-state index in [-0.39, 0.29) is 17.6 Å². The van der Waals surface area contributed by atoms with Crippen molar-refractivity contribution in [3.8, 4) is 28.0 Å². The van der Waals surface area contributed by atoms with Crippen LogP contribution >= 0.6 is 0 Å². The Morgan fingerprint density at radius 3 is 1.85 bits per heavy atom. The van der Waals surface area contributed by atoms with Gasteiger partial charge in [0, 0.05) is 22.1 Å². The molecule has 34 heavy (non-hydrogen) atoms. The number of carbonyl (C=O) groups excluding carboxylic acids is 2. The smallest absolute Gasteiger partial charge is 0.265 e. The Kier molecular flexibility index (Phi) is 4.52. The number of phenolic OH excluding ortho intramolecular Hbond substituents is 1. The number of amides is 2. The molecule has 0 aliphatic carbocycles. The zero-order chi connectivity index (χ0) is 23.2. The highest BCUT2D eigenvalue weighted by molar-refractivity contribution is 6.36. The first-order chi connectivity index (χ1) is 16.6. The summed E-state index contributed by atoms with van der Waals surface area (Å²) in [6.07, 6.45) is 0. The molecule has 4 nitrogen and oxygen atoms in total. The maximum Gasteiger partial charge on any atom is 0.265 e. The van der Waals surface area contributed by atoms with Gasteiger partial charge in [-0.05, 0) is 52.4 Å². The van der Waals surface area contributed by atoms with Crippen LogP contribution in [-0.4, -0.2) is 16.9 Å². The minimum absolute atomic E-state index is 0.173. The minimum Gasteiger partial charge on any atom is -0.507 e. The van der Waals surface area contributed by atoms with Crippen molar-refractivity contribution in [1.29, 1.82) is 0 Å². The van der Waals surface area contributed by atoms with Gasteiger partial charge in [0.1, 0.15) is 5.75 Å². The fraction of sp³-hybridized carbons (Fsp3) is 0. The summed E-state index contributed by atoms with van der Waals surface area (Å²) < 4.78 is 0. The molecule has 6 rings (SSSR count). The number of carbonyl (C=O) groups is 2. The van der Waals surface area contributed by atoms with Crippen LogP contribution in [0.3, 0.4) is 0 Å². The Bertz CT molecular complexity index is 1570. The summed E-state index contributed by atoms with van der Waals surface area (Å²) >= 11 is 0. The lowest BCUT2D eigenvalue weighted by Crippen LogP contribution is -2.40. The van der Waals surface area contributed by atoms with Gasteiger partial charge in [0.15, 0.2) is 0 Å². The van der Waals surface area contributed by atoms with E-state index in [0.717, 1.165) is 22.1 Å². The predicted molar refractivity (Wildman–Crippen MR) is 134 cm³/mol. The lowest BCUT2D eigenvalue weighted by atomic mass is 9.86. The molecular formula is C30H19NO3. The number of anilines is 1. The first-order valence-electron chi connectivity index (χ1n) is 11.0. The number of aromatic hydroxyl groups is 1. The van der Waals surface area contributed by atoms with E-state index < -0.39 is 0 Å². The number of para-hydroxylation sites is 1. The van der Waals surface area contributed by atoms with Crippen LogP contribution in [0.5, 0.6) is 5.75 Å². The van der Waals surface area contributed by atoms with Crippen molar-refractivity contribution in [1.82, 2.24) is 0 Å². The molecule has 0 unspecified atom stereocenters. The largest absolute Gasteiger partial charge is 0.507 e. The molecule has 0 atom stereocenters. The molecule has 1 N–H and O–H groups in total. The summed E-state index contributed by atoms with van der Waals surface area (Å²) in [4.78, 5) is 28.2. The Hall–Kier alpha value is -4.70. The summed E-state index contributed by atoms with van der Waals surface area (Å²) in [5.41, 5.74) is 4.80. The third kappa shape index (κ3) is 2.93. The normalized spacial score (nSPS) is 12.9. The quantitative estimate of drug-likeness (QED) is 0.318. The number of nitrogens with zero attached hydrogens (tertiary/aromatic N) is 1. The van der Waals surface area contributed by atoms with Crippen molar-refractivity contribution in [3.05, 3.63) is 120 Å². The molecular weight excluding hydrogens is 422 g/mol. The van der Waals surface area contributed by atoms with Crippen LogP contribution in [-0.2, 0) is 0 Å². The third-order valence-electron chi connectivity index (χ3n) is 6.32. The number of hydrogen-bond donors (Lipinski definition) is 1. The second-order valence-electron chi connectivity index (χ2n) is 8.24. The summed E-state index contributed by atoms with van der Waals surface area (Å²) in [7, 11) is 0. The van der Waals surface area contributed by atoms with Crippen LogP contribution in [0.4, 0.5) is 5.69 Å². The highest BCUT2D eigenvalue weighted by Crippen LogP contribution is 2.43. The number of benzene rings is 5. The van der Waals surface area contributed by atoms with E-state index in [1.165, 1.54) is 4.90 Å². The molecule has 0 saturated carbocycles. The molecule has 1 aliphatic rings. The highest BCUT2D eigenvalue weighted by atomic mass is 16.3. The van der Waals surface area contributed by atoms with Gasteiger partial charge in [0.05, 0.1) is 5.69 Å². The van der Waals surface area contributed by atoms with Gasteiger partial charge in [0.25, 0.3) is 11.8 Å². The first kappa shape index (κ1) is 19.9. The molecule has 4 heteroatoms. The van der Waals surface area contributed by atoms with E-state index in [1.54, 1.807) is 36.4 Å². The number of imide groups is 1. The SMILES string of the molecule is O=C1c2cccc3c(-c4cccc(O)c4-c4ccccc4)ccc(c23)C(=O)N1c1ccccc1. The lowest BCUT2D eigenvalue weighted by molar-refractivity contribution is 0.0893. The zero-order valence-electron chi connectivity index (χ0n) is 18.1. The monoisotopic (exact) mass is 441 g/mol. The Labute approximate surface area is 196 Å². The fourth-order valence-electron chi connectivity index (χ4n) is 4.82. The van der Waals surface area contributed by atoms with Gasteiger partial charge in [-0.1, -0.05) is 78.9 Å². The maximum atomic E-state index is 13.5. The van der Waals surface area contributed by atoms with Crippen molar-refractivity contribution < 1.29 is 14.7 Å². The van der Waals surface area contributed by atoms with E-state index >= 15 is 0 Å². The van der Waals surface area contributed by atoms with Gasteiger partial charge in [-0.15, -0.1) is 0 Å². The average molecular weight is 441 g/mol. The molecule has 5 aromatic rings. The van der Waals surface area contributed by atoms with Crippen LogP contribution in [0.15, 0.2) is 109 Å². The lowest BCUT2D eigenvalue weighted by Gasteiger charge is -2.28. The number of rotatable bonds is 3. The molecule has 0 bridgehead atoms. The Balaban J connectivity index is 1.61. The summed E-state index contributed by atoms with van der Waals surface area (Å²) in [5.74, 6) is -0.511. The van der Waals surface area contributed by atoms with Crippen LogP contribution in [0, 0.1) is 0 Å². The maximum absolute atomic E-state index is 13.5. The van der Waals surface area contributed by atoms with Crippen molar-refractivity contribution in [2.45, 2.75) is 0 Å². The Morgan fingerprint density at radius 2 is 1.12 bits per heavy atom. The van der Waals surface area contributed by atoms with Crippen LogP contribution in [0.2, 0.25) is 0 Å². The van der Waals surface area contributed by atoms with Crippen molar-refractivity contribution in [3.63, 3.8) is 0 Å². The molecule has 0 radical (unpaired) electrons. The van der Waals surface area contributed by atoms with Gasteiger partial charge in [-0.2, -0.15) is 0 Å². The van der Waals surface area contributed by atoms with Crippen LogP contribution in [0.1, 0.15) is 20.7 Å². The minimum atomic E-state index is -0.342. The molecule has 1 heterocycles. The van der Waals surface area contributed by atoms with E-state index in [2.05, 4.69) is 0 Å². The van der Waals surface area contributed by atoms with E-state index in [1.807, 2.05) is 72.8 Å². The second-order valence-corrected chi connectivity index (χ2v) is 8.24. The van der Waals surface area contributed by atoms with Gasteiger partial charge in [-0.3, -0.25) is 9.59 Å². The number of hydrogen-bond acceptors (Lipinski definition) is 3. The summed E-state index contributed by atoms with van der Waals surface area (Å²) in [5, 5.41) is 12.2. The van der Waals surface area contributed by atoms with Gasteiger partial charge in [-0.25, -0.2) is 4.90 Å². The molecule has 0 saturated heterocycles. The second kappa shape index (κ2) is 7.71. The molecule has 0 spiro atoms. The highest BCUT2D eigenvalue weighted by Gasteiger charge is 2.34. The van der Waals surface area contributed by atoms with Gasteiger partial charge in [0.2, 0.25) is 0 Å². The average Bonchev–Trinajstić information content (AvgIpc) is 2.88. The summed E-state index contributed by atoms with van der Waals surface area (Å²) in [6, 6.07) is 33.3. The van der Waals surface area contributed by atoms with Crippen molar-refractivity contribution in [2.75, 3.05) is 4.90 Å². The van der Waals surface area contributed by atoms with Crippen molar-refractivity contribution in [2.24, 2.45) is 0 Å². The molecule has 1 aliphatic heterocycles. The number of phenols is 1. The van der Waals surface area contributed by atoms with E-state index in [9.17, 15) is 14.7 Å². The first-order valence-corrected chi connectivity index (χ1v) is 11.0. The molecule has 5 aromatic carbocycles. The van der Waals surface area contributed by atoms with Crippen LogP contribution in [0.25, 0.3) is 33.0 Å². The van der Waals surface area contributed by atoms with E-state index in [0.29, 0.717) is 27.8 Å². The third-order valence-corrected chi connectivity index (χ3v) is 6.32. The molecule has 0 aromatic heterocycles. The van der Waals surface area contributed by atoms with E-state index in [4.69, 9.17) is 0 Å². The standard InChI is InChI=1S/C30H19NO3/c32-26-16-8-14-22(27(26)19-9-3-1-4-10-19)21-17-18-25-28-23(21)13-7-15-24(28)29(33)31(30(25)34)20-11-5-2-6-12-20/h1-18,32H. The molecule has 0 fully saturated rings. The molecule has 2 amide bonds. The summed E-state index contributed by atoms with van der Waals surface area (Å²) in [6.45, 7) is 0. The molecule has 162 valence electrons. The van der Waals surface area contributed by atoms with Gasteiger partial charge >= 0.3 is 0 Å². The van der Waals surface area contributed by atoms with Gasteiger partial charge < -0.3 is 5.11 Å². The van der Waals surface area contributed by atoms with Crippen molar-refractivity contribution >= 4 is 28.3 Å². The Morgan fingerprint density at radius 1 is 0.529 bits per heavy atom.